The van der Waals surface area contributed by atoms with Gasteiger partial charge in [-0.3, -0.25) is 14.4 Å². The average Bonchev–Trinajstić information content (AvgIpc) is 3.44. The first-order valence-corrected chi connectivity index (χ1v) is 9.50. The smallest absolute Gasteiger partial charge is 0.325 e. The predicted molar refractivity (Wildman–Crippen MR) is 106 cm³/mol. The van der Waals surface area contributed by atoms with Crippen LogP contribution in [0.2, 0.25) is 0 Å². The summed E-state index contributed by atoms with van der Waals surface area (Å²) in [5, 5.41) is 2.53. The van der Waals surface area contributed by atoms with Crippen LogP contribution < -0.4 is 5.32 Å². The van der Waals surface area contributed by atoms with Crippen molar-refractivity contribution in [3.05, 3.63) is 57.9 Å². The Kier molecular flexibility index (Phi) is 5.68. The number of amides is 1. The maximum atomic E-state index is 12.4. The Balaban J connectivity index is 1.50. The van der Waals surface area contributed by atoms with Gasteiger partial charge >= 0.3 is 5.97 Å². The van der Waals surface area contributed by atoms with Crippen LogP contribution in [0.1, 0.15) is 62.1 Å². The van der Waals surface area contributed by atoms with Gasteiger partial charge < -0.3 is 14.6 Å². The number of Topliss-reactive ketones (excluding diaryl/α,β-unsaturated/α-hetero) is 1. The van der Waals surface area contributed by atoms with Gasteiger partial charge in [0.05, 0.1) is 0 Å². The van der Waals surface area contributed by atoms with Crippen LogP contribution in [-0.4, -0.2) is 35.4 Å². The molecule has 1 aliphatic carbocycles. The summed E-state index contributed by atoms with van der Waals surface area (Å²) in [6.07, 6.45) is 2.28. The van der Waals surface area contributed by atoms with Gasteiger partial charge in [-0.25, -0.2) is 0 Å². The lowest BCUT2D eigenvalue weighted by Gasteiger charge is -2.09. The summed E-state index contributed by atoms with van der Waals surface area (Å²) in [7, 11) is 0. The van der Waals surface area contributed by atoms with Crippen molar-refractivity contribution in [1.82, 2.24) is 9.88 Å². The van der Waals surface area contributed by atoms with Crippen molar-refractivity contribution in [2.24, 2.45) is 0 Å². The van der Waals surface area contributed by atoms with Gasteiger partial charge in [-0.2, -0.15) is 0 Å². The summed E-state index contributed by atoms with van der Waals surface area (Å²) in [6, 6.07) is 7.69. The molecule has 28 heavy (non-hydrogen) atoms. The number of hydrogen-bond acceptors (Lipinski definition) is 4. The number of hydrogen-bond donors (Lipinski definition) is 1. The minimum Gasteiger partial charge on any atom is -0.456 e. The molecule has 6 nitrogen and oxygen atoms in total. The van der Waals surface area contributed by atoms with Gasteiger partial charge in [0, 0.05) is 28.6 Å². The van der Waals surface area contributed by atoms with Crippen LogP contribution in [0, 0.1) is 27.7 Å². The number of aryl methyl sites for hydroxylation is 3. The van der Waals surface area contributed by atoms with Crippen LogP contribution in [0.25, 0.3) is 0 Å². The van der Waals surface area contributed by atoms with Gasteiger partial charge in [0.15, 0.2) is 6.61 Å². The molecule has 1 aromatic carbocycles. The van der Waals surface area contributed by atoms with Crippen molar-refractivity contribution in [2.45, 2.75) is 46.6 Å². The van der Waals surface area contributed by atoms with Crippen molar-refractivity contribution >= 4 is 17.7 Å². The molecule has 0 atom stereocenters. The maximum Gasteiger partial charge on any atom is 0.325 e. The molecule has 0 unspecified atom stereocenters. The highest BCUT2D eigenvalue weighted by molar-refractivity contribution is 6.00. The minimum atomic E-state index is -0.637. The summed E-state index contributed by atoms with van der Waals surface area (Å²) in [5.74, 6) is -1.21. The zero-order valence-electron chi connectivity index (χ0n) is 16.8. The van der Waals surface area contributed by atoms with Crippen LogP contribution >= 0.6 is 0 Å². The largest absolute Gasteiger partial charge is 0.456 e. The number of nitrogens with zero attached hydrogens (tertiary/aromatic N) is 1. The van der Waals surface area contributed by atoms with Crippen LogP contribution in [-0.2, 0) is 9.53 Å². The lowest BCUT2D eigenvalue weighted by Crippen LogP contribution is -2.31. The monoisotopic (exact) mass is 382 g/mol. The van der Waals surface area contributed by atoms with E-state index >= 15 is 0 Å². The molecule has 0 aliphatic heterocycles. The van der Waals surface area contributed by atoms with Gasteiger partial charge in [0.1, 0.15) is 6.54 Å². The number of aromatic nitrogens is 1. The van der Waals surface area contributed by atoms with Crippen LogP contribution in [0.15, 0.2) is 24.3 Å². The number of esters is 1. The number of ketones is 1. The van der Waals surface area contributed by atoms with E-state index in [1.54, 1.807) is 12.1 Å². The van der Waals surface area contributed by atoms with Crippen molar-refractivity contribution in [2.75, 3.05) is 13.2 Å². The lowest BCUT2D eigenvalue weighted by molar-refractivity contribution is -0.141. The highest BCUT2D eigenvalue weighted by Crippen LogP contribution is 2.38. The van der Waals surface area contributed by atoms with Crippen LogP contribution in [0.5, 0.6) is 0 Å². The molecule has 0 radical (unpaired) electrons. The van der Waals surface area contributed by atoms with Crippen LogP contribution in [0.3, 0.4) is 0 Å². The molecule has 1 fully saturated rings. The Bertz CT molecular complexity index is 938. The van der Waals surface area contributed by atoms with Crippen LogP contribution in [0.4, 0.5) is 0 Å². The summed E-state index contributed by atoms with van der Waals surface area (Å²) >= 11 is 0. The third-order valence-corrected chi connectivity index (χ3v) is 5.22. The fourth-order valence-corrected chi connectivity index (χ4v) is 3.37. The van der Waals surface area contributed by atoms with E-state index in [4.69, 9.17) is 4.74 Å². The molecule has 3 rings (SSSR count). The topological polar surface area (TPSA) is 77.4 Å². The van der Waals surface area contributed by atoms with E-state index in [9.17, 15) is 14.4 Å². The molecule has 0 bridgehead atoms. The predicted octanol–water partition coefficient (Wildman–Crippen LogP) is 3.21. The Morgan fingerprint density at radius 2 is 1.79 bits per heavy atom. The Labute approximate surface area is 164 Å². The number of carbonyl (C=O) groups is 3. The average molecular weight is 382 g/mol. The molecule has 0 spiro atoms. The standard InChI is InChI=1S/C22H26N2O4/c1-13-5-6-17(9-14(13)2)22(27)23-11-21(26)28-12-20(25)19-10-15(3)24(16(19)4)18-7-8-18/h5-6,9-10,18H,7-8,11-12H2,1-4H3,(H,23,27). The third-order valence-electron chi connectivity index (χ3n) is 5.22. The maximum absolute atomic E-state index is 12.4. The number of ether oxygens (including phenoxy) is 1. The Morgan fingerprint density at radius 3 is 2.43 bits per heavy atom. The van der Waals surface area contributed by atoms with E-state index in [-0.39, 0.29) is 24.8 Å². The number of carbonyl (C=O) groups excluding carboxylic acids is 3. The highest BCUT2D eigenvalue weighted by atomic mass is 16.5. The molecular weight excluding hydrogens is 356 g/mol. The van der Waals surface area contributed by atoms with Crippen molar-refractivity contribution in [1.29, 1.82) is 0 Å². The zero-order chi connectivity index (χ0) is 20.4. The molecule has 148 valence electrons. The second-order valence-electron chi connectivity index (χ2n) is 7.45. The first kappa shape index (κ1) is 19.9. The van der Waals surface area contributed by atoms with Crippen molar-refractivity contribution in [3.8, 4) is 0 Å². The van der Waals surface area contributed by atoms with E-state index in [1.165, 1.54) is 0 Å². The molecular formula is C22H26N2O4. The van der Waals surface area contributed by atoms with E-state index in [1.807, 2.05) is 39.8 Å². The highest BCUT2D eigenvalue weighted by Gasteiger charge is 2.28. The quantitative estimate of drug-likeness (QED) is 0.589. The molecule has 2 aromatic rings. The summed E-state index contributed by atoms with van der Waals surface area (Å²) in [5.41, 5.74) is 5.15. The zero-order valence-corrected chi connectivity index (χ0v) is 16.8. The molecule has 1 amide bonds. The minimum absolute atomic E-state index is 0.228. The Hall–Kier alpha value is -2.89. The van der Waals surface area contributed by atoms with Crippen molar-refractivity contribution in [3.63, 3.8) is 0 Å². The first-order valence-electron chi connectivity index (χ1n) is 9.50. The number of rotatable bonds is 7. The van der Waals surface area contributed by atoms with E-state index < -0.39 is 5.97 Å². The molecule has 1 N–H and O–H groups in total. The summed E-state index contributed by atoms with van der Waals surface area (Å²) < 4.78 is 7.23. The van der Waals surface area contributed by atoms with Gasteiger partial charge in [-0.1, -0.05) is 6.07 Å². The fraction of sp³-hybridized carbons (Fsp3) is 0.409. The Morgan fingerprint density at radius 1 is 1.07 bits per heavy atom. The lowest BCUT2D eigenvalue weighted by atomic mass is 10.1. The van der Waals surface area contributed by atoms with E-state index in [0.29, 0.717) is 17.2 Å². The second-order valence-corrected chi connectivity index (χ2v) is 7.45. The van der Waals surface area contributed by atoms with Gasteiger partial charge in [0.2, 0.25) is 5.78 Å². The summed E-state index contributed by atoms with van der Waals surface area (Å²) in [4.78, 5) is 36.5. The summed E-state index contributed by atoms with van der Waals surface area (Å²) in [6.45, 7) is 7.19. The molecule has 1 heterocycles. The van der Waals surface area contributed by atoms with Crippen molar-refractivity contribution < 1.29 is 19.1 Å². The third kappa shape index (κ3) is 4.32. The number of nitrogens with one attached hydrogen (secondary N) is 1. The molecule has 1 saturated carbocycles. The van der Waals surface area contributed by atoms with Gasteiger partial charge in [-0.15, -0.1) is 0 Å². The molecule has 0 saturated heterocycles. The molecule has 1 aliphatic rings. The van der Waals surface area contributed by atoms with Gasteiger partial charge in [0.25, 0.3) is 5.91 Å². The molecule has 6 heteroatoms. The van der Waals surface area contributed by atoms with E-state index in [0.717, 1.165) is 35.4 Å². The first-order chi connectivity index (χ1) is 13.3. The fourth-order valence-electron chi connectivity index (χ4n) is 3.37. The number of benzene rings is 1. The normalized spacial score (nSPS) is 13.3. The van der Waals surface area contributed by atoms with E-state index in [2.05, 4.69) is 9.88 Å². The SMILES string of the molecule is Cc1ccc(C(=O)NCC(=O)OCC(=O)c2cc(C)n(C3CC3)c2C)cc1C. The molecule has 1 aromatic heterocycles. The second kappa shape index (κ2) is 8.00. The van der Waals surface area contributed by atoms with Gasteiger partial charge in [-0.05, 0) is 69.9 Å².